The first-order valence-electron chi connectivity index (χ1n) is 10.5. The van der Waals surface area contributed by atoms with Crippen molar-refractivity contribution in [2.24, 2.45) is 5.92 Å². The Morgan fingerprint density at radius 1 is 1.10 bits per heavy atom. The Labute approximate surface area is 178 Å². The predicted octanol–water partition coefficient (Wildman–Crippen LogP) is 2.90. The number of hydrogen-bond donors (Lipinski definition) is 1. The molecule has 0 aromatic heterocycles. The van der Waals surface area contributed by atoms with Gasteiger partial charge in [-0.25, -0.2) is 8.42 Å². The zero-order valence-corrected chi connectivity index (χ0v) is 18.1. The van der Waals surface area contributed by atoms with E-state index in [0.717, 1.165) is 36.1 Å². The van der Waals surface area contributed by atoms with Crippen LogP contribution in [-0.4, -0.2) is 38.8 Å². The minimum Gasteiger partial charge on any atom is -0.497 e. The van der Waals surface area contributed by atoms with Crippen LogP contribution >= 0.6 is 0 Å². The Kier molecular flexibility index (Phi) is 6.11. The van der Waals surface area contributed by atoms with E-state index in [-0.39, 0.29) is 11.8 Å². The summed E-state index contributed by atoms with van der Waals surface area (Å²) in [7, 11) is -1.89. The molecule has 0 spiro atoms. The standard InChI is InChI=1S/C23H28N2O4S/c1-29-21-7-2-4-17(14-21)16-24-23(26)19-10-12-25(13-11-19)30(27,28)22-9-8-18-5-3-6-20(18)15-22/h2,4,7-9,14-15,19H,3,5-6,10-13,16H2,1H3,(H,24,26). The number of amides is 1. The molecule has 1 heterocycles. The minimum atomic E-state index is -3.51. The molecular weight excluding hydrogens is 400 g/mol. The average molecular weight is 429 g/mol. The second-order valence-corrected chi connectivity index (χ2v) is 9.97. The summed E-state index contributed by atoms with van der Waals surface area (Å²) in [5.74, 6) is 0.571. The van der Waals surface area contributed by atoms with Crippen LogP contribution in [0.25, 0.3) is 0 Å². The van der Waals surface area contributed by atoms with Gasteiger partial charge in [-0.1, -0.05) is 18.2 Å². The van der Waals surface area contributed by atoms with Crippen LogP contribution in [0.3, 0.4) is 0 Å². The largest absolute Gasteiger partial charge is 0.497 e. The van der Waals surface area contributed by atoms with Gasteiger partial charge in [0.2, 0.25) is 15.9 Å². The fraction of sp³-hybridized carbons (Fsp3) is 0.435. The topological polar surface area (TPSA) is 75.7 Å². The van der Waals surface area contributed by atoms with E-state index < -0.39 is 10.0 Å². The van der Waals surface area contributed by atoms with Gasteiger partial charge in [-0.05, 0) is 73.1 Å². The van der Waals surface area contributed by atoms with Crippen molar-refractivity contribution in [1.29, 1.82) is 0 Å². The lowest BCUT2D eigenvalue weighted by atomic mass is 9.97. The van der Waals surface area contributed by atoms with E-state index in [2.05, 4.69) is 5.32 Å². The van der Waals surface area contributed by atoms with E-state index in [4.69, 9.17) is 4.74 Å². The highest BCUT2D eigenvalue weighted by atomic mass is 32.2. The van der Waals surface area contributed by atoms with Crippen molar-refractivity contribution in [2.45, 2.75) is 43.5 Å². The molecule has 1 aliphatic heterocycles. The first kappa shape index (κ1) is 20.9. The lowest BCUT2D eigenvalue weighted by molar-refractivity contribution is -0.126. The molecular formula is C23H28N2O4S. The molecule has 0 atom stereocenters. The molecule has 0 saturated carbocycles. The fourth-order valence-electron chi connectivity index (χ4n) is 4.33. The molecule has 1 saturated heterocycles. The van der Waals surface area contributed by atoms with Gasteiger partial charge in [0.1, 0.15) is 5.75 Å². The molecule has 2 aromatic rings. The van der Waals surface area contributed by atoms with Crippen LogP contribution in [0.2, 0.25) is 0 Å². The molecule has 1 amide bonds. The summed E-state index contributed by atoms with van der Waals surface area (Å²) in [5.41, 5.74) is 3.39. The normalized spacial score (nSPS) is 17.5. The molecule has 2 aliphatic rings. The number of aryl methyl sites for hydroxylation is 2. The van der Waals surface area contributed by atoms with E-state index in [1.54, 1.807) is 13.2 Å². The Morgan fingerprint density at radius 2 is 1.87 bits per heavy atom. The van der Waals surface area contributed by atoms with Crippen molar-refractivity contribution < 1.29 is 17.9 Å². The molecule has 7 heteroatoms. The van der Waals surface area contributed by atoms with Crippen LogP contribution in [-0.2, 0) is 34.2 Å². The molecule has 4 rings (SSSR count). The number of methoxy groups -OCH3 is 1. The quantitative estimate of drug-likeness (QED) is 0.768. The molecule has 30 heavy (non-hydrogen) atoms. The van der Waals surface area contributed by atoms with Crippen molar-refractivity contribution in [3.05, 3.63) is 59.2 Å². The average Bonchev–Trinajstić information content (AvgIpc) is 3.25. The monoisotopic (exact) mass is 428 g/mol. The van der Waals surface area contributed by atoms with Gasteiger partial charge in [-0.3, -0.25) is 4.79 Å². The van der Waals surface area contributed by atoms with Gasteiger partial charge in [-0.2, -0.15) is 4.31 Å². The van der Waals surface area contributed by atoms with E-state index in [1.165, 1.54) is 9.87 Å². The summed E-state index contributed by atoms with van der Waals surface area (Å²) >= 11 is 0. The molecule has 1 aliphatic carbocycles. The number of carbonyl (C=O) groups excluding carboxylic acids is 1. The van der Waals surface area contributed by atoms with Gasteiger partial charge < -0.3 is 10.1 Å². The number of nitrogens with one attached hydrogen (secondary N) is 1. The van der Waals surface area contributed by atoms with Gasteiger partial charge >= 0.3 is 0 Å². The highest BCUT2D eigenvalue weighted by Gasteiger charge is 2.32. The SMILES string of the molecule is COc1cccc(CNC(=O)C2CCN(S(=O)(=O)c3ccc4c(c3)CCC4)CC2)c1. The number of benzene rings is 2. The van der Waals surface area contributed by atoms with Crippen LogP contribution in [0, 0.1) is 5.92 Å². The maximum Gasteiger partial charge on any atom is 0.243 e. The third-order valence-electron chi connectivity index (χ3n) is 6.13. The Hall–Kier alpha value is -2.38. The second kappa shape index (κ2) is 8.78. The molecule has 0 radical (unpaired) electrons. The number of rotatable bonds is 6. The number of ether oxygens (including phenoxy) is 1. The second-order valence-electron chi connectivity index (χ2n) is 8.03. The molecule has 0 bridgehead atoms. The van der Waals surface area contributed by atoms with Gasteiger partial charge in [-0.15, -0.1) is 0 Å². The van der Waals surface area contributed by atoms with Crippen molar-refractivity contribution >= 4 is 15.9 Å². The van der Waals surface area contributed by atoms with Gasteiger partial charge in [0, 0.05) is 25.6 Å². The third kappa shape index (κ3) is 4.37. The fourth-order valence-corrected chi connectivity index (χ4v) is 5.85. The summed E-state index contributed by atoms with van der Waals surface area (Å²) < 4.78 is 32.8. The number of sulfonamides is 1. The molecule has 2 aromatic carbocycles. The minimum absolute atomic E-state index is 0.0209. The highest BCUT2D eigenvalue weighted by molar-refractivity contribution is 7.89. The predicted molar refractivity (Wildman–Crippen MR) is 115 cm³/mol. The zero-order valence-electron chi connectivity index (χ0n) is 17.3. The van der Waals surface area contributed by atoms with E-state index in [1.807, 2.05) is 36.4 Å². The van der Waals surface area contributed by atoms with Crippen LogP contribution in [0.15, 0.2) is 47.4 Å². The number of carbonyl (C=O) groups is 1. The molecule has 6 nitrogen and oxygen atoms in total. The van der Waals surface area contributed by atoms with Crippen molar-refractivity contribution in [2.75, 3.05) is 20.2 Å². The van der Waals surface area contributed by atoms with Crippen LogP contribution in [0.5, 0.6) is 5.75 Å². The third-order valence-corrected chi connectivity index (χ3v) is 8.03. The van der Waals surface area contributed by atoms with Crippen molar-refractivity contribution in [3.63, 3.8) is 0 Å². The Balaban J connectivity index is 1.33. The number of hydrogen-bond acceptors (Lipinski definition) is 4. The van der Waals surface area contributed by atoms with Gasteiger partial charge in [0.25, 0.3) is 0 Å². The summed E-state index contributed by atoms with van der Waals surface area (Å²) in [6.07, 6.45) is 4.15. The van der Waals surface area contributed by atoms with Gasteiger partial charge in [0.05, 0.1) is 12.0 Å². The van der Waals surface area contributed by atoms with Crippen LogP contribution < -0.4 is 10.1 Å². The van der Waals surface area contributed by atoms with E-state index in [0.29, 0.717) is 37.4 Å². The summed E-state index contributed by atoms with van der Waals surface area (Å²) in [4.78, 5) is 12.9. The molecule has 160 valence electrons. The molecule has 0 unspecified atom stereocenters. The van der Waals surface area contributed by atoms with Gasteiger partial charge in [0.15, 0.2) is 0 Å². The Bertz CT molecular complexity index is 1030. The summed E-state index contributed by atoms with van der Waals surface area (Å²) in [6, 6.07) is 13.1. The smallest absolute Gasteiger partial charge is 0.243 e. The van der Waals surface area contributed by atoms with E-state index >= 15 is 0 Å². The first-order chi connectivity index (χ1) is 14.5. The highest BCUT2D eigenvalue weighted by Crippen LogP contribution is 2.28. The van der Waals surface area contributed by atoms with Crippen molar-refractivity contribution in [1.82, 2.24) is 9.62 Å². The molecule has 1 fully saturated rings. The number of piperidine rings is 1. The van der Waals surface area contributed by atoms with E-state index in [9.17, 15) is 13.2 Å². The van der Waals surface area contributed by atoms with Crippen LogP contribution in [0.4, 0.5) is 0 Å². The Morgan fingerprint density at radius 3 is 2.63 bits per heavy atom. The summed E-state index contributed by atoms with van der Waals surface area (Å²) in [6.45, 7) is 1.18. The summed E-state index contributed by atoms with van der Waals surface area (Å²) in [5, 5.41) is 2.97. The zero-order chi connectivity index (χ0) is 21.1. The lowest BCUT2D eigenvalue weighted by Gasteiger charge is -2.30. The van der Waals surface area contributed by atoms with Crippen LogP contribution in [0.1, 0.15) is 36.0 Å². The first-order valence-corrected chi connectivity index (χ1v) is 11.9. The number of fused-ring (bicyclic) bond motifs is 1. The lowest BCUT2D eigenvalue weighted by Crippen LogP contribution is -2.42. The molecule has 1 N–H and O–H groups in total. The number of nitrogens with zero attached hydrogens (tertiary/aromatic N) is 1. The maximum absolute atomic E-state index is 13.0. The maximum atomic E-state index is 13.0. The van der Waals surface area contributed by atoms with Crippen molar-refractivity contribution in [3.8, 4) is 5.75 Å².